The SMILES string of the molecule is CC(C)c1nc2n(n1)C(C)CCC2N. The lowest BCUT2D eigenvalue weighted by atomic mass is 10.0. The zero-order valence-corrected chi connectivity index (χ0v) is 9.07. The first-order valence-corrected chi connectivity index (χ1v) is 5.31. The van der Waals surface area contributed by atoms with Crippen LogP contribution in [0.3, 0.4) is 0 Å². The van der Waals surface area contributed by atoms with Crippen molar-refractivity contribution in [1.29, 1.82) is 0 Å². The van der Waals surface area contributed by atoms with Gasteiger partial charge in [-0.05, 0) is 19.8 Å². The third kappa shape index (κ3) is 1.43. The first-order valence-electron chi connectivity index (χ1n) is 5.31. The van der Waals surface area contributed by atoms with Crippen molar-refractivity contribution in [3.05, 3.63) is 11.6 Å². The van der Waals surface area contributed by atoms with Gasteiger partial charge in [0.05, 0.1) is 12.1 Å². The molecule has 2 heterocycles. The fourth-order valence-electron chi connectivity index (χ4n) is 1.85. The van der Waals surface area contributed by atoms with Crippen molar-refractivity contribution in [2.75, 3.05) is 0 Å². The summed E-state index contributed by atoms with van der Waals surface area (Å²) in [6.45, 7) is 6.39. The van der Waals surface area contributed by atoms with Crippen LogP contribution in [0.25, 0.3) is 0 Å². The smallest absolute Gasteiger partial charge is 0.153 e. The summed E-state index contributed by atoms with van der Waals surface area (Å²) in [6, 6.07) is 0.524. The van der Waals surface area contributed by atoms with Crippen LogP contribution in [0.4, 0.5) is 0 Å². The standard InChI is InChI=1S/C10H18N4/c1-6(2)9-12-10-8(11)5-4-7(3)14(10)13-9/h6-8H,4-5,11H2,1-3H3. The van der Waals surface area contributed by atoms with Crippen LogP contribution in [-0.2, 0) is 0 Å². The highest BCUT2D eigenvalue weighted by Crippen LogP contribution is 2.29. The number of hydrogen-bond donors (Lipinski definition) is 1. The Morgan fingerprint density at radius 2 is 2.14 bits per heavy atom. The van der Waals surface area contributed by atoms with Crippen LogP contribution in [0, 0.1) is 0 Å². The van der Waals surface area contributed by atoms with E-state index in [1.165, 1.54) is 0 Å². The molecule has 0 aromatic carbocycles. The summed E-state index contributed by atoms with van der Waals surface area (Å²) in [5.74, 6) is 2.27. The van der Waals surface area contributed by atoms with Crippen molar-refractivity contribution in [2.45, 2.75) is 51.6 Å². The zero-order chi connectivity index (χ0) is 10.3. The molecule has 0 amide bonds. The van der Waals surface area contributed by atoms with E-state index in [1.54, 1.807) is 0 Å². The van der Waals surface area contributed by atoms with Crippen LogP contribution in [-0.4, -0.2) is 14.8 Å². The molecule has 1 aromatic heterocycles. The molecule has 4 nitrogen and oxygen atoms in total. The van der Waals surface area contributed by atoms with Crippen LogP contribution < -0.4 is 5.73 Å². The molecule has 2 rings (SSSR count). The molecule has 2 atom stereocenters. The van der Waals surface area contributed by atoms with Gasteiger partial charge in [0.1, 0.15) is 5.82 Å². The molecular formula is C10H18N4. The third-order valence-corrected chi connectivity index (χ3v) is 2.84. The van der Waals surface area contributed by atoms with Crippen LogP contribution in [0.15, 0.2) is 0 Å². The minimum atomic E-state index is 0.0752. The predicted molar refractivity (Wildman–Crippen MR) is 55.0 cm³/mol. The molecule has 0 bridgehead atoms. The minimum absolute atomic E-state index is 0.0752. The van der Waals surface area contributed by atoms with Gasteiger partial charge in [0.2, 0.25) is 0 Å². The molecule has 0 fully saturated rings. The van der Waals surface area contributed by atoms with Crippen molar-refractivity contribution in [1.82, 2.24) is 14.8 Å². The number of nitrogens with zero attached hydrogens (tertiary/aromatic N) is 3. The second-order valence-corrected chi connectivity index (χ2v) is 4.46. The minimum Gasteiger partial charge on any atom is -0.321 e. The van der Waals surface area contributed by atoms with Crippen LogP contribution in [0.5, 0.6) is 0 Å². The first kappa shape index (κ1) is 9.65. The number of fused-ring (bicyclic) bond motifs is 1. The van der Waals surface area contributed by atoms with Gasteiger partial charge in [-0.1, -0.05) is 13.8 Å². The fourth-order valence-corrected chi connectivity index (χ4v) is 1.85. The molecule has 0 aliphatic carbocycles. The average Bonchev–Trinajstić information content (AvgIpc) is 2.57. The predicted octanol–water partition coefficient (Wildman–Crippen LogP) is 1.76. The van der Waals surface area contributed by atoms with Gasteiger partial charge in [-0.15, -0.1) is 0 Å². The summed E-state index contributed by atoms with van der Waals surface area (Å²) in [4.78, 5) is 4.51. The summed E-state index contributed by atoms with van der Waals surface area (Å²) < 4.78 is 2.00. The Kier molecular flexibility index (Phi) is 2.31. The molecule has 2 unspecified atom stereocenters. The maximum atomic E-state index is 6.00. The summed E-state index contributed by atoms with van der Waals surface area (Å²) in [6.07, 6.45) is 2.13. The maximum Gasteiger partial charge on any atom is 0.153 e. The van der Waals surface area contributed by atoms with Crippen LogP contribution in [0.2, 0.25) is 0 Å². The second kappa shape index (κ2) is 3.35. The van der Waals surface area contributed by atoms with Gasteiger partial charge in [-0.2, -0.15) is 5.10 Å². The van der Waals surface area contributed by atoms with E-state index in [0.29, 0.717) is 12.0 Å². The molecule has 2 N–H and O–H groups in total. The summed E-state index contributed by atoms with van der Waals surface area (Å²) >= 11 is 0. The van der Waals surface area contributed by atoms with Gasteiger partial charge in [-0.3, -0.25) is 0 Å². The highest BCUT2D eigenvalue weighted by Gasteiger charge is 2.26. The third-order valence-electron chi connectivity index (χ3n) is 2.84. The van der Waals surface area contributed by atoms with Crippen molar-refractivity contribution >= 4 is 0 Å². The van der Waals surface area contributed by atoms with E-state index in [1.807, 2.05) is 4.68 Å². The van der Waals surface area contributed by atoms with E-state index in [0.717, 1.165) is 24.5 Å². The summed E-state index contributed by atoms with van der Waals surface area (Å²) in [7, 11) is 0. The Hall–Kier alpha value is -0.900. The van der Waals surface area contributed by atoms with Crippen molar-refractivity contribution in [2.24, 2.45) is 5.73 Å². The van der Waals surface area contributed by atoms with E-state index in [4.69, 9.17) is 5.73 Å². The Labute approximate surface area is 84.5 Å². The molecule has 4 heteroatoms. The molecule has 0 spiro atoms. The van der Waals surface area contributed by atoms with Gasteiger partial charge in [0, 0.05) is 5.92 Å². The van der Waals surface area contributed by atoms with Crippen molar-refractivity contribution < 1.29 is 0 Å². The van der Waals surface area contributed by atoms with E-state index in [2.05, 4.69) is 30.9 Å². The first-order chi connectivity index (χ1) is 6.59. The van der Waals surface area contributed by atoms with Gasteiger partial charge < -0.3 is 5.73 Å². The van der Waals surface area contributed by atoms with E-state index < -0.39 is 0 Å². The maximum absolute atomic E-state index is 6.00. The molecule has 1 aliphatic rings. The average molecular weight is 194 g/mol. The molecule has 1 aliphatic heterocycles. The lowest BCUT2D eigenvalue weighted by molar-refractivity contribution is 0.349. The summed E-state index contributed by atoms with van der Waals surface area (Å²) in [5.41, 5.74) is 6.00. The van der Waals surface area contributed by atoms with Gasteiger partial charge in [0.15, 0.2) is 5.82 Å². The van der Waals surface area contributed by atoms with Crippen molar-refractivity contribution in [3.8, 4) is 0 Å². The fraction of sp³-hybridized carbons (Fsp3) is 0.800. The zero-order valence-electron chi connectivity index (χ0n) is 9.07. The normalized spacial score (nSPS) is 26.6. The quantitative estimate of drug-likeness (QED) is 0.741. The Morgan fingerprint density at radius 1 is 1.43 bits per heavy atom. The van der Waals surface area contributed by atoms with Gasteiger partial charge >= 0.3 is 0 Å². The molecule has 0 saturated carbocycles. The molecule has 0 saturated heterocycles. The molecular weight excluding hydrogens is 176 g/mol. The number of nitrogens with two attached hydrogens (primary N) is 1. The van der Waals surface area contributed by atoms with Crippen LogP contribution >= 0.6 is 0 Å². The lowest BCUT2D eigenvalue weighted by Crippen LogP contribution is -2.25. The molecule has 1 aromatic rings. The van der Waals surface area contributed by atoms with Gasteiger partial charge in [0.25, 0.3) is 0 Å². The summed E-state index contributed by atoms with van der Waals surface area (Å²) in [5, 5.41) is 4.51. The van der Waals surface area contributed by atoms with Crippen molar-refractivity contribution in [3.63, 3.8) is 0 Å². The van der Waals surface area contributed by atoms with E-state index >= 15 is 0 Å². The van der Waals surface area contributed by atoms with E-state index in [-0.39, 0.29) is 6.04 Å². The highest BCUT2D eigenvalue weighted by molar-refractivity contribution is 5.05. The number of aromatic nitrogens is 3. The van der Waals surface area contributed by atoms with E-state index in [9.17, 15) is 0 Å². The number of hydrogen-bond acceptors (Lipinski definition) is 3. The topological polar surface area (TPSA) is 56.7 Å². The Morgan fingerprint density at radius 3 is 2.71 bits per heavy atom. The monoisotopic (exact) mass is 194 g/mol. The number of rotatable bonds is 1. The second-order valence-electron chi connectivity index (χ2n) is 4.46. The lowest BCUT2D eigenvalue weighted by Gasteiger charge is -2.23. The van der Waals surface area contributed by atoms with Gasteiger partial charge in [-0.25, -0.2) is 9.67 Å². The Bertz CT molecular complexity index is 301. The molecule has 14 heavy (non-hydrogen) atoms. The molecule has 78 valence electrons. The molecule has 0 radical (unpaired) electrons. The van der Waals surface area contributed by atoms with Crippen LogP contribution in [0.1, 0.15) is 63.3 Å². The highest BCUT2D eigenvalue weighted by atomic mass is 15.4. The Balaban J connectivity index is 2.41. The largest absolute Gasteiger partial charge is 0.321 e.